The Bertz CT molecular complexity index is 1660. The van der Waals surface area contributed by atoms with Crippen molar-refractivity contribution < 1.29 is 19.4 Å². The fourth-order valence-corrected chi connectivity index (χ4v) is 5.59. The molecule has 0 bridgehead atoms. The molecule has 6 rings (SSSR count). The van der Waals surface area contributed by atoms with Gasteiger partial charge in [0.05, 0.1) is 37.1 Å². The molecule has 2 heterocycles. The number of hydrogen-bond acceptors (Lipinski definition) is 5. The van der Waals surface area contributed by atoms with Gasteiger partial charge in [-0.15, -0.1) is 0 Å². The highest BCUT2D eigenvalue weighted by atomic mass is 16.5. The Morgan fingerprint density at radius 3 is 2.64 bits per heavy atom. The number of aromatic nitrogens is 3. The minimum absolute atomic E-state index is 0.143. The standard InChI is InChI=1S/C32H33N3O4/c1-3-38-32(37)31-25(14-8-18-39-28-15-6-10-21-9-4-5-11-23(21)28)24-12-7-13-26(30(24)33-31)29-20(2)35(22-16-17-22)34-27(29)19-36/h4-7,9-13,15,22,33,36H,3,8,14,16-19H2,1-2H3. The zero-order valence-corrected chi connectivity index (χ0v) is 22.4. The van der Waals surface area contributed by atoms with Crippen LogP contribution in [0.25, 0.3) is 32.8 Å². The first-order valence-electron chi connectivity index (χ1n) is 13.7. The summed E-state index contributed by atoms with van der Waals surface area (Å²) in [6.07, 6.45) is 3.60. The Morgan fingerprint density at radius 1 is 1.08 bits per heavy atom. The molecule has 5 aromatic rings. The second kappa shape index (κ2) is 10.6. The van der Waals surface area contributed by atoms with Crippen molar-refractivity contribution in [1.29, 1.82) is 0 Å². The Hall–Kier alpha value is -4.10. The number of rotatable bonds is 10. The number of fused-ring (bicyclic) bond motifs is 2. The summed E-state index contributed by atoms with van der Waals surface area (Å²) in [6.45, 7) is 4.54. The van der Waals surface area contributed by atoms with E-state index in [1.165, 1.54) is 0 Å². The monoisotopic (exact) mass is 523 g/mol. The van der Waals surface area contributed by atoms with Gasteiger partial charge in [-0.05, 0) is 56.5 Å². The van der Waals surface area contributed by atoms with Crippen LogP contribution >= 0.6 is 0 Å². The third-order valence-electron chi connectivity index (χ3n) is 7.53. The Morgan fingerprint density at radius 2 is 1.85 bits per heavy atom. The van der Waals surface area contributed by atoms with E-state index in [9.17, 15) is 9.90 Å². The highest BCUT2D eigenvalue weighted by Crippen LogP contribution is 2.41. The molecule has 0 amide bonds. The molecule has 7 nitrogen and oxygen atoms in total. The summed E-state index contributed by atoms with van der Waals surface area (Å²) >= 11 is 0. The first-order valence-corrected chi connectivity index (χ1v) is 13.7. The molecular weight excluding hydrogens is 490 g/mol. The van der Waals surface area contributed by atoms with Crippen LogP contribution in [0.15, 0.2) is 60.7 Å². The number of nitrogens with one attached hydrogen (secondary N) is 1. The molecule has 2 aromatic heterocycles. The van der Waals surface area contributed by atoms with Crippen LogP contribution in [0.2, 0.25) is 0 Å². The number of benzene rings is 3. The van der Waals surface area contributed by atoms with Gasteiger partial charge >= 0.3 is 5.97 Å². The number of aliphatic hydroxyl groups is 1. The third-order valence-corrected chi connectivity index (χ3v) is 7.53. The minimum atomic E-state index is -0.364. The van der Waals surface area contributed by atoms with Crippen LogP contribution in [0, 0.1) is 6.92 Å². The predicted molar refractivity (Wildman–Crippen MR) is 152 cm³/mol. The van der Waals surface area contributed by atoms with Crippen molar-refractivity contribution in [3.05, 3.63) is 83.3 Å². The van der Waals surface area contributed by atoms with E-state index in [0.717, 1.165) is 69.1 Å². The molecule has 0 saturated heterocycles. The van der Waals surface area contributed by atoms with Crippen molar-refractivity contribution in [2.75, 3.05) is 13.2 Å². The van der Waals surface area contributed by atoms with Crippen LogP contribution in [0.4, 0.5) is 0 Å². The normalized spacial score (nSPS) is 13.3. The lowest BCUT2D eigenvalue weighted by Gasteiger charge is -2.10. The van der Waals surface area contributed by atoms with Gasteiger partial charge in [-0.2, -0.15) is 5.10 Å². The Balaban J connectivity index is 1.33. The molecule has 0 spiro atoms. The maximum Gasteiger partial charge on any atom is 0.355 e. The first kappa shape index (κ1) is 25.2. The number of aryl methyl sites for hydroxylation is 1. The molecule has 0 aliphatic heterocycles. The molecule has 3 aromatic carbocycles. The number of hydrogen-bond donors (Lipinski definition) is 2. The molecule has 200 valence electrons. The summed E-state index contributed by atoms with van der Waals surface area (Å²) in [5.74, 6) is 0.497. The maximum atomic E-state index is 13.0. The zero-order valence-electron chi connectivity index (χ0n) is 22.4. The molecule has 0 radical (unpaired) electrons. The summed E-state index contributed by atoms with van der Waals surface area (Å²) in [5.41, 5.74) is 5.81. The zero-order chi connectivity index (χ0) is 26.9. The number of aromatic amines is 1. The SMILES string of the molecule is CCOC(=O)c1[nH]c2c(-c3c(CO)nn(C4CC4)c3C)cccc2c1CCCOc1cccc2ccccc12. The first-order chi connectivity index (χ1) is 19.1. The molecule has 0 unspecified atom stereocenters. The summed E-state index contributed by atoms with van der Waals surface area (Å²) < 4.78 is 13.6. The van der Waals surface area contributed by atoms with E-state index < -0.39 is 0 Å². The number of aliphatic hydroxyl groups excluding tert-OH is 1. The Kier molecular flexibility index (Phi) is 6.83. The molecule has 1 aliphatic carbocycles. The molecule has 2 N–H and O–H groups in total. The van der Waals surface area contributed by atoms with E-state index >= 15 is 0 Å². The van der Waals surface area contributed by atoms with Crippen molar-refractivity contribution in [2.45, 2.75) is 52.2 Å². The number of nitrogens with zero attached hydrogens (tertiary/aromatic N) is 2. The fraction of sp³-hybridized carbons (Fsp3) is 0.312. The Labute approximate surface area is 227 Å². The predicted octanol–water partition coefficient (Wildman–Crippen LogP) is 6.51. The topological polar surface area (TPSA) is 89.4 Å². The van der Waals surface area contributed by atoms with Gasteiger partial charge in [0.2, 0.25) is 0 Å². The number of ether oxygens (including phenoxy) is 2. The van der Waals surface area contributed by atoms with Crippen molar-refractivity contribution in [2.24, 2.45) is 0 Å². The largest absolute Gasteiger partial charge is 0.493 e. The second-order valence-corrected chi connectivity index (χ2v) is 10.1. The maximum absolute atomic E-state index is 13.0. The number of para-hydroxylation sites is 1. The number of esters is 1. The average Bonchev–Trinajstić information content (AvgIpc) is 3.65. The number of carbonyl (C=O) groups is 1. The van der Waals surface area contributed by atoms with E-state index in [-0.39, 0.29) is 12.6 Å². The highest BCUT2D eigenvalue weighted by Gasteiger charge is 2.30. The van der Waals surface area contributed by atoms with Gasteiger partial charge in [-0.1, -0.05) is 54.6 Å². The number of carbonyl (C=O) groups excluding carboxylic acids is 1. The smallest absolute Gasteiger partial charge is 0.355 e. The van der Waals surface area contributed by atoms with Crippen LogP contribution < -0.4 is 4.74 Å². The highest BCUT2D eigenvalue weighted by molar-refractivity contribution is 6.04. The minimum Gasteiger partial charge on any atom is -0.493 e. The van der Waals surface area contributed by atoms with E-state index in [4.69, 9.17) is 14.6 Å². The lowest BCUT2D eigenvalue weighted by atomic mass is 9.98. The molecular formula is C32H33N3O4. The van der Waals surface area contributed by atoms with Crippen molar-refractivity contribution in [3.8, 4) is 16.9 Å². The van der Waals surface area contributed by atoms with Crippen LogP contribution in [-0.2, 0) is 17.8 Å². The molecule has 7 heteroatoms. The number of H-pyrrole nitrogens is 1. The summed E-state index contributed by atoms with van der Waals surface area (Å²) in [5, 5.41) is 18.1. The van der Waals surface area contributed by atoms with Crippen LogP contribution in [0.1, 0.15) is 59.7 Å². The third kappa shape index (κ3) is 4.68. The molecule has 1 aliphatic rings. The van der Waals surface area contributed by atoms with Crippen molar-refractivity contribution >= 4 is 27.6 Å². The molecule has 0 atom stereocenters. The lowest BCUT2D eigenvalue weighted by molar-refractivity contribution is 0.0519. The van der Waals surface area contributed by atoms with Gasteiger partial charge in [-0.25, -0.2) is 4.79 Å². The average molecular weight is 524 g/mol. The lowest BCUT2D eigenvalue weighted by Crippen LogP contribution is -2.09. The van der Waals surface area contributed by atoms with Crippen LogP contribution in [0.5, 0.6) is 5.75 Å². The van der Waals surface area contributed by atoms with E-state index in [2.05, 4.69) is 30.1 Å². The van der Waals surface area contributed by atoms with E-state index in [0.29, 0.717) is 37.1 Å². The molecule has 1 saturated carbocycles. The van der Waals surface area contributed by atoms with Gasteiger partial charge in [0.1, 0.15) is 11.4 Å². The van der Waals surface area contributed by atoms with Gasteiger partial charge < -0.3 is 19.6 Å². The molecule has 1 fully saturated rings. The van der Waals surface area contributed by atoms with Gasteiger partial charge in [0.15, 0.2) is 0 Å². The van der Waals surface area contributed by atoms with E-state index in [1.54, 1.807) is 0 Å². The second-order valence-electron chi connectivity index (χ2n) is 10.1. The van der Waals surface area contributed by atoms with Crippen molar-refractivity contribution in [3.63, 3.8) is 0 Å². The summed E-state index contributed by atoms with van der Waals surface area (Å²) in [4.78, 5) is 16.4. The van der Waals surface area contributed by atoms with Crippen LogP contribution in [-0.4, -0.2) is 39.1 Å². The van der Waals surface area contributed by atoms with Crippen LogP contribution in [0.3, 0.4) is 0 Å². The van der Waals surface area contributed by atoms with Gasteiger partial charge in [0.25, 0.3) is 0 Å². The summed E-state index contributed by atoms with van der Waals surface area (Å²) in [7, 11) is 0. The fourth-order valence-electron chi connectivity index (χ4n) is 5.59. The quantitative estimate of drug-likeness (QED) is 0.161. The van der Waals surface area contributed by atoms with E-state index in [1.807, 2.05) is 54.1 Å². The van der Waals surface area contributed by atoms with Crippen molar-refractivity contribution in [1.82, 2.24) is 14.8 Å². The van der Waals surface area contributed by atoms with Gasteiger partial charge in [-0.3, -0.25) is 4.68 Å². The summed E-state index contributed by atoms with van der Waals surface area (Å²) in [6, 6.07) is 20.7. The van der Waals surface area contributed by atoms with Gasteiger partial charge in [0, 0.05) is 27.6 Å². The molecule has 39 heavy (non-hydrogen) atoms.